The third kappa shape index (κ3) is 6.23. The van der Waals surface area contributed by atoms with Crippen molar-refractivity contribution in [3.63, 3.8) is 0 Å². The number of amides is 2. The quantitative estimate of drug-likeness (QED) is 0.677. The molecular weight excluding hydrogens is 356 g/mol. The molecule has 0 heterocycles. The van der Waals surface area contributed by atoms with Crippen LogP contribution in [0.1, 0.15) is 36.2 Å². The monoisotopic (exact) mass is 382 g/mol. The van der Waals surface area contributed by atoms with E-state index in [0.717, 1.165) is 11.3 Å². The van der Waals surface area contributed by atoms with Gasteiger partial charge < -0.3 is 15.0 Å². The lowest BCUT2D eigenvalue weighted by molar-refractivity contribution is -0.121. The average Bonchev–Trinajstić information content (AvgIpc) is 2.68. The molecule has 0 aliphatic heterocycles. The minimum atomic E-state index is -0.176. The minimum Gasteiger partial charge on any atom is -0.497 e. The molecule has 6 heteroatoms. The molecule has 28 heavy (non-hydrogen) atoms. The van der Waals surface area contributed by atoms with E-state index in [1.807, 2.05) is 24.3 Å². The third-order valence-electron chi connectivity index (χ3n) is 4.38. The third-order valence-corrected chi connectivity index (χ3v) is 4.38. The van der Waals surface area contributed by atoms with Crippen LogP contribution >= 0.6 is 0 Å². The maximum Gasteiger partial charge on any atom is 0.223 e. The lowest BCUT2D eigenvalue weighted by Gasteiger charge is -2.21. The second-order valence-corrected chi connectivity index (χ2v) is 6.48. The summed E-state index contributed by atoms with van der Waals surface area (Å²) in [4.78, 5) is 37.2. The fourth-order valence-electron chi connectivity index (χ4n) is 2.84. The summed E-state index contributed by atoms with van der Waals surface area (Å²) in [6, 6.07) is 14.6. The van der Waals surface area contributed by atoms with Crippen LogP contribution in [0.4, 0.5) is 5.69 Å². The van der Waals surface area contributed by atoms with Crippen LogP contribution in [0, 0.1) is 0 Å². The van der Waals surface area contributed by atoms with Crippen LogP contribution in [0.5, 0.6) is 5.75 Å². The zero-order chi connectivity index (χ0) is 20.5. The van der Waals surface area contributed by atoms with Gasteiger partial charge in [-0.25, -0.2) is 0 Å². The highest BCUT2D eigenvalue weighted by atomic mass is 16.5. The van der Waals surface area contributed by atoms with Gasteiger partial charge in [-0.1, -0.05) is 24.3 Å². The van der Waals surface area contributed by atoms with Crippen LogP contribution in [-0.4, -0.2) is 37.8 Å². The molecule has 0 unspecified atom stereocenters. The molecule has 0 aromatic heterocycles. The molecule has 0 aliphatic carbocycles. The maximum atomic E-state index is 12.2. The van der Waals surface area contributed by atoms with Crippen molar-refractivity contribution in [3.05, 3.63) is 59.7 Å². The number of Topliss-reactive ketones (excluding diaryl/α,β-unsaturated/α-hetero) is 1. The van der Waals surface area contributed by atoms with E-state index >= 15 is 0 Å². The fraction of sp³-hybridized carbons (Fsp3) is 0.318. The molecule has 148 valence electrons. The zero-order valence-electron chi connectivity index (χ0n) is 16.5. The first-order valence-electron chi connectivity index (χ1n) is 9.19. The Morgan fingerprint density at radius 3 is 2.46 bits per heavy atom. The van der Waals surface area contributed by atoms with Crippen LogP contribution < -0.4 is 15.0 Å². The Labute approximate surface area is 165 Å². The number of rotatable bonds is 9. The van der Waals surface area contributed by atoms with E-state index < -0.39 is 0 Å². The van der Waals surface area contributed by atoms with E-state index in [1.54, 1.807) is 31.4 Å². The van der Waals surface area contributed by atoms with Crippen LogP contribution in [0.3, 0.4) is 0 Å². The molecule has 0 atom stereocenters. The summed E-state index contributed by atoms with van der Waals surface area (Å²) in [5.74, 6) is 0.413. The van der Waals surface area contributed by atoms with Gasteiger partial charge in [-0.3, -0.25) is 14.4 Å². The molecular formula is C22H26N2O4. The van der Waals surface area contributed by atoms with Gasteiger partial charge >= 0.3 is 0 Å². The Bertz CT molecular complexity index is 848. The lowest BCUT2D eigenvalue weighted by Crippen LogP contribution is -2.34. The average molecular weight is 382 g/mol. The van der Waals surface area contributed by atoms with Crippen molar-refractivity contribution in [3.8, 4) is 5.75 Å². The summed E-state index contributed by atoms with van der Waals surface area (Å²) in [7, 11) is 1.62. The van der Waals surface area contributed by atoms with Gasteiger partial charge in [-0.05, 0) is 43.2 Å². The Morgan fingerprint density at radius 1 is 1.04 bits per heavy atom. The van der Waals surface area contributed by atoms with Crippen molar-refractivity contribution in [2.45, 2.75) is 26.7 Å². The van der Waals surface area contributed by atoms with Gasteiger partial charge in [-0.15, -0.1) is 0 Å². The van der Waals surface area contributed by atoms with E-state index in [4.69, 9.17) is 4.74 Å². The second kappa shape index (κ2) is 10.3. The maximum absolute atomic E-state index is 12.2. The van der Waals surface area contributed by atoms with Crippen molar-refractivity contribution < 1.29 is 19.1 Å². The van der Waals surface area contributed by atoms with E-state index in [0.29, 0.717) is 24.2 Å². The number of hydrogen-bond donors (Lipinski definition) is 1. The number of carbonyl (C=O) groups excluding carboxylic acids is 3. The number of nitrogens with zero attached hydrogens (tertiary/aromatic N) is 1. The molecule has 0 spiro atoms. The number of nitrogens with one attached hydrogen (secondary N) is 1. The smallest absolute Gasteiger partial charge is 0.223 e. The molecule has 2 aromatic rings. The summed E-state index contributed by atoms with van der Waals surface area (Å²) in [6.07, 6.45) is 0.877. The molecule has 0 aliphatic rings. The van der Waals surface area contributed by atoms with Gasteiger partial charge in [0.25, 0.3) is 0 Å². The molecule has 0 bridgehead atoms. The summed E-state index contributed by atoms with van der Waals surface area (Å²) in [5.41, 5.74) is 2.22. The Hall–Kier alpha value is -3.15. The second-order valence-electron chi connectivity index (χ2n) is 6.48. The van der Waals surface area contributed by atoms with Crippen molar-refractivity contribution in [2.24, 2.45) is 0 Å². The highest BCUT2D eigenvalue weighted by Crippen LogP contribution is 2.17. The Morgan fingerprint density at radius 2 is 1.79 bits per heavy atom. The highest BCUT2D eigenvalue weighted by Gasteiger charge is 2.14. The molecule has 6 nitrogen and oxygen atoms in total. The molecule has 0 radical (unpaired) electrons. The molecule has 0 fully saturated rings. The Kier molecular flexibility index (Phi) is 7.75. The number of benzene rings is 2. The predicted octanol–water partition coefficient (Wildman–Crippen LogP) is 3.00. The fourth-order valence-corrected chi connectivity index (χ4v) is 2.84. The van der Waals surface area contributed by atoms with E-state index in [2.05, 4.69) is 5.32 Å². The standard InChI is InChI=1S/C22H26N2O4/c1-16(25)19-7-5-8-20(15-19)24(17(2)26)13-11-22(27)23-12-10-18-6-4-9-21(14-18)28-3/h4-9,14-15H,10-13H2,1-3H3,(H,23,27). The van der Waals surface area contributed by atoms with Gasteiger partial charge in [0, 0.05) is 37.7 Å². The van der Waals surface area contributed by atoms with E-state index in [1.165, 1.54) is 18.7 Å². The minimum absolute atomic E-state index is 0.0689. The highest BCUT2D eigenvalue weighted by molar-refractivity contribution is 5.97. The van der Waals surface area contributed by atoms with Crippen molar-refractivity contribution in [1.82, 2.24) is 5.32 Å². The number of ketones is 1. The van der Waals surface area contributed by atoms with Crippen LogP contribution in [0.2, 0.25) is 0 Å². The molecule has 1 N–H and O–H groups in total. The molecule has 2 rings (SSSR count). The van der Waals surface area contributed by atoms with Crippen molar-refractivity contribution >= 4 is 23.3 Å². The molecule has 0 saturated heterocycles. The first kappa shape index (κ1) is 21.2. The number of anilines is 1. The molecule has 0 saturated carbocycles. The number of carbonyl (C=O) groups is 3. The Balaban J connectivity index is 1.87. The van der Waals surface area contributed by atoms with Gasteiger partial charge in [0.1, 0.15) is 5.75 Å². The lowest BCUT2D eigenvalue weighted by atomic mass is 10.1. The molecule has 2 amide bonds. The predicted molar refractivity (Wildman–Crippen MR) is 109 cm³/mol. The summed E-state index contributed by atoms with van der Waals surface area (Å²) < 4.78 is 5.19. The zero-order valence-corrected chi connectivity index (χ0v) is 16.5. The van der Waals surface area contributed by atoms with Crippen LogP contribution in [0.15, 0.2) is 48.5 Å². The van der Waals surface area contributed by atoms with Crippen molar-refractivity contribution in [2.75, 3.05) is 25.1 Å². The van der Waals surface area contributed by atoms with Gasteiger partial charge in [0.2, 0.25) is 11.8 Å². The number of methoxy groups -OCH3 is 1. The van der Waals surface area contributed by atoms with Crippen molar-refractivity contribution in [1.29, 1.82) is 0 Å². The SMILES string of the molecule is COc1cccc(CCNC(=O)CCN(C(C)=O)c2cccc(C(C)=O)c2)c1. The van der Waals surface area contributed by atoms with Crippen LogP contribution in [0.25, 0.3) is 0 Å². The van der Waals surface area contributed by atoms with E-state index in [-0.39, 0.29) is 30.6 Å². The summed E-state index contributed by atoms with van der Waals surface area (Å²) >= 11 is 0. The first-order valence-corrected chi connectivity index (χ1v) is 9.19. The topological polar surface area (TPSA) is 75.7 Å². The number of ether oxygens (including phenoxy) is 1. The van der Waals surface area contributed by atoms with Gasteiger partial charge in [0.05, 0.1) is 7.11 Å². The summed E-state index contributed by atoms with van der Waals surface area (Å²) in [5, 5.41) is 2.87. The summed E-state index contributed by atoms with van der Waals surface area (Å²) in [6.45, 7) is 3.68. The van der Waals surface area contributed by atoms with Gasteiger partial charge in [0.15, 0.2) is 5.78 Å². The number of hydrogen-bond acceptors (Lipinski definition) is 4. The normalized spacial score (nSPS) is 10.2. The van der Waals surface area contributed by atoms with Gasteiger partial charge in [-0.2, -0.15) is 0 Å². The van der Waals surface area contributed by atoms with E-state index in [9.17, 15) is 14.4 Å². The first-order chi connectivity index (χ1) is 13.4. The van der Waals surface area contributed by atoms with Crippen LogP contribution in [-0.2, 0) is 16.0 Å². The largest absolute Gasteiger partial charge is 0.497 e. The molecule has 2 aromatic carbocycles.